The summed E-state index contributed by atoms with van der Waals surface area (Å²) < 4.78 is 0. The molecule has 2 aliphatic heterocycles. The van der Waals surface area contributed by atoms with Gasteiger partial charge in [0.15, 0.2) is 0 Å². The second kappa shape index (κ2) is 8.92. The third-order valence-corrected chi connectivity index (χ3v) is 5.91. The lowest BCUT2D eigenvalue weighted by Crippen LogP contribution is -2.65. The van der Waals surface area contributed by atoms with Gasteiger partial charge in [-0.3, -0.25) is 20.6 Å². The van der Waals surface area contributed by atoms with Crippen LogP contribution in [0.3, 0.4) is 0 Å². The number of nitrogens with two attached hydrogens (primary N) is 1. The largest absolute Gasteiger partial charge is 0.363 e. The van der Waals surface area contributed by atoms with Crippen LogP contribution >= 0.6 is 0 Å². The van der Waals surface area contributed by atoms with Gasteiger partial charge in [-0.1, -0.05) is 37.3 Å². The molecule has 154 valence electrons. The Hall–Kier alpha value is -2.45. The van der Waals surface area contributed by atoms with Crippen LogP contribution in [-0.2, 0) is 0 Å². The summed E-state index contributed by atoms with van der Waals surface area (Å²) in [6, 6.07) is 16.9. The number of benzene rings is 2. The number of para-hydroxylation sites is 3. The number of nitrogens with one attached hydrogen (secondary N) is 3. The fourth-order valence-electron chi connectivity index (χ4n) is 4.19. The summed E-state index contributed by atoms with van der Waals surface area (Å²) in [6.07, 6.45) is 3.08. The van der Waals surface area contributed by atoms with E-state index in [9.17, 15) is 0 Å². The summed E-state index contributed by atoms with van der Waals surface area (Å²) in [5.74, 6) is 5.95. The minimum Gasteiger partial charge on any atom is -0.363 e. The van der Waals surface area contributed by atoms with Gasteiger partial charge in [-0.25, -0.2) is 5.43 Å². The van der Waals surface area contributed by atoms with E-state index in [1.165, 1.54) is 5.56 Å². The Morgan fingerprint density at radius 2 is 1.97 bits per heavy atom. The Labute approximate surface area is 173 Å². The number of hydrogen-bond donors (Lipinski definition) is 4. The van der Waals surface area contributed by atoms with E-state index in [-0.39, 0.29) is 12.5 Å². The molecular weight excluding hydrogens is 362 g/mol. The van der Waals surface area contributed by atoms with Gasteiger partial charge < -0.3 is 10.6 Å². The van der Waals surface area contributed by atoms with Crippen molar-refractivity contribution in [2.75, 3.05) is 30.3 Å². The maximum atomic E-state index is 5.95. The maximum absolute atomic E-state index is 5.95. The van der Waals surface area contributed by atoms with Crippen LogP contribution in [0.4, 0.5) is 17.1 Å². The van der Waals surface area contributed by atoms with Crippen molar-refractivity contribution in [3.63, 3.8) is 0 Å². The number of fused-ring (bicyclic) bond motifs is 1. The summed E-state index contributed by atoms with van der Waals surface area (Å²) in [5.41, 5.74) is 7.38. The molecule has 3 atom stereocenters. The molecule has 29 heavy (non-hydrogen) atoms. The molecule has 5 N–H and O–H groups in total. The molecule has 2 aliphatic rings. The van der Waals surface area contributed by atoms with E-state index >= 15 is 0 Å². The first-order valence-electron chi connectivity index (χ1n) is 10.4. The van der Waals surface area contributed by atoms with Crippen molar-refractivity contribution >= 4 is 23.3 Å². The van der Waals surface area contributed by atoms with E-state index in [0.29, 0.717) is 6.04 Å². The molecule has 3 unspecified atom stereocenters. The van der Waals surface area contributed by atoms with Crippen LogP contribution in [0.5, 0.6) is 0 Å². The Bertz CT molecular complexity index is 853. The molecule has 0 spiro atoms. The number of hydrazine groups is 1. The van der Waals surface area contributed by atoms with Gasteiger partial charge in [0.25, 0.3) is 0 Å². The summed E-state index contributed by atoms with van der Waals surface area (Å²) in [6.45, 7) is 7.16. The van der Waals surface area contributed by atoms with Gasteiger partial charge in [0.2, 0.25) is 0 Å². The summed E-state index contributed by atoms with van der Waals surface area (Å²) in [4.78, 5) is 9.54. The Morgan fingerprint density at radius 3 is 2.76 bits per heavy atom. The van der Waals surface area contributed by atoms with Crippen LogP contribution in [0.15, 0.2) is 53.5 Å². The Balaban J connectivity index is 1.44. The second-order valence-corrected chi connectivity index (χ2v) is 7.71. The zero-order chi connectivity index (χ0) is 20.2. The molecule has 1 saturated heterocycles. The van der Waals surface area contributed by atoms with E-state index in [2.05, 4.69) is 69.0 Å². The van der Waals surface area contributed by atoms with Crippen LogP contribution in [-0.4, -0.2) is 54.1 Å². The third kappa shape index (κ3) is 4.28. The number of aryl methyl sites for hydroxylation is 1. The van der Waals surface area contributed by atoms with Gasteiger partial charge in [0.05, 0.1) is 11.4 Å². The molecule has 0 radical (unpaired) electrons. The summed E-state index contributed by atoms with van der Waals surface area (Å²) >= 11 is 0. The van der Waals surface area contributed by atoms with Crippen molar-refractivity contribution in [3.05, 3.63) is 54.1 Å². The predicted molar refractivity (Wildman–Crippen MR) is 120 cm³/mol. The molecule has 0 bridgehead atoms. The SMILES string of the molecule is CCC1CN(C2C=Nc3ccccc3N2)CCN1C(NN)Nc1ccccc1C. The van der Waals surface area contributed by atoms with Crippen LogP contribution in [0.1, 0.15) is 18.9 Å². The zero-order valence-corrected chi connectivity index (χ0v) is 17.2. The smallest absolute Gasteiger partial charge is 0.147 e. The first-order chi connectivity index (χ1) is 14.2. The minimum atomic E-state index is -0.114. The van der Waals surface area contributed by atoms with E-state index in [0.717, 1.165) is 43.1 Å². The van der Waals surface area contributed by atoms with Crippen molar-refractivity contribution in [2.24, 2.45) is 10.8 Å². The number of anilines is 2. The van der Waals surface area contributed by atoms with Crippen molar-refractivity contribution < 1.29 is 0 Å². The number of piperazine rings is 1. The first-order valence-corrected chi connectivity index (χ1v) is 10.4. The lowest BCUT2D eigenvalue weighted by molar-refractivity contribution is 0.0321. The van der Waals surface area contributed by atoms with Gasteiger partial charge in [0.1, 0.15) is 12.5 Å². The summed E-state index contributed by atoms with van der Waals surface area (Å²) in [7, 11) is 0. The fraction of sp³-hybridized carbons (Fsp3) is 0.409. The maximum Gasteiger partial charge on any atom is 0.147 e. The molecule has 7 nitrogen and oxygen atoms in total. The van der Waals surface area contributed by atoms with Crippen LogP contribution in [0.25, 0.3) is 0 Å². The normalized spacial score (nSPS) is 23.3. The number of rotatable bonds is 6. The van der Waals surface area contributed by atoms with Crippen molar-refractivity contribution in [2.45, 2.75) is 38.8 Å². The van der Waals surface area contributed by atoms with E-state index < -0.39 is 0 Å². The zero-order valence-electron chi connectivity index (χ0n) is 17.2. The highest BCUT2D eigenvalue weighted by Gasteiger charge is 2.34. The van der Waals surface area contributed by atoms with E-state index in [4.69, 9.17) is 5.84 Å². The standard InChI is InChI=1S/C22H31N7/c1-3-17-15-28(21-14-24-19-10-6-7-11-20(19)25-21)12-13-29(17)22(27-23)26-18-9-5-4-8-16(18)2/h4-11,14,17,21-22,25-27H,3,12-13,15,23H2,1-2H3. The van der Waals surface area contributed by atoms with Gasteiger partial charge in [-0.2, -0.15) is 0 Å². The number of aliphatic imine (C=N–C) groups is 1. The molecule has 2 aromatic carbocycles. The van der Waals surface area contributed by atoms with Crippen molar-refractivity contribution in [3.8, 4) is 0 Å². The van der Waals surface area contributed by atoms with Gasteiger partial charge in [-0.15, -0.1) is 0 Å². The first kappa shape index (κ1) is 19.8. The Kier molecular flexibility index (Phi) is 6.10. The Morgan fingerprint density at radius 1 is 1.17 bits per heavy atom. The van der Waals surface area contributed by atoms with Crippen LogP contribution in [0.2, 0.25) is 0 Å². The highest BCUT2D eigenvalue weighted by atomic mass is 15.5. The van der Waals surface area contributed by atoms with Crippen LogP contribution < -0.4 is 21.9 Å². The molecule has 2 heterocycles. The predicted octanol–water partition coefficient (Wildman–Crippen LogP) is 2.70. The molecule has 0 aliphatic carbocycles. The van der Waals surface area contributed by atoms with E-state index in [1.807, 2.05) is 30.5 Å². The van der Waals surface area contributed by atoms with Crippen molar-refractivity contribution in [1.29, 1.82) is 0 Å². The van der Waals surface area contributed by atoms with Crippen LogP contribution in [0, 0.1) is 6.92 Å². The average molecular weight is 394 g/mol. The lowest BCUT2D eigenvalue weighted by Gasteiger charge is -2.47. The topological polar surface area (TPSA) is 81.0 Å². The molecule has 2 aromatic rings. The van der Waals surface area contributed by atoms with Gasteiger partial charge >= 0.3 is 0 Å². The molecule has 7 heteroatoms. The van der Waals surface area contributed by atoms with Gasteiger partial charge in [0, 0.05) is 37.6 Å². The minimum absolute atomic E-state index is 0.114. The molecule has 0 aromatic heterocycles. The van der Waals surface area contributed by atoms with E-state index in [1.54, 1.807) is 0 Å². The molecule has 1 fully saturated rings. The number of nitrogens with zero attached hydrogens (tertiary/aromatic N) is 3. The molecule has 0 saturated carbocycles. The molecular formula is C22H31N7. The van der Waals surface area contributed by atoms with Gasteiger partial charge in [-0.05, 0) is 37.1 Å². The average Bonchev–Trinajstić information content (AvgIpc) is 2.78. The summed E-state index contributed by atoms with van der Waals surface area (Å²) in [5, 5.41) is 7.19. The third-order valence-electron chi connectivity index (χ3n) is 5.91. The monoisotopic (exact) mass is 393 g/mol. The highest BCUT2D eigenvalue weighted by molar-refractivity contribution is 5.82. The lowest BCUT2D eigenvalue weighted by atomic mass is 10.1. The molecule has 4 rings (SSSR count). The van der Waals surface area contributed by atoms with Crippen molar-refractivity contribution in [1.82, 2.24) is 15.2 Å². The molecule has 0 amide bonds. The fourth-order valence-corrected chi connectivity index (χ4v) is 4.19. The number of hydrogen-bond acceptors (Lipinski definition) is 7. The second-order valence-electron chi connectivity index (χ2n) is 7.71. The quantitative estimate of drug-likeness (QED) is 0.343. The highest BCUT2D eigenvalue weighted by Crippen LogP contribution is 2.29.